The molecule has 0 aliphatic rings. The maximum atomic E-state index is 11.8. The highest BCUT2D eigenvalue weighted by molar-refractivity contribution is 7.09. The van der Waals surface area contributed by atoms with Crippen LogP contribution in [0.25, 0.3) is 0 Å². The first-order chi connectivity index (χ1) is 5.04. The molecule has 0 radical (unpaired) electrons. The standard InChI is InChI=1S/C5H5F3N2S/c6-5(7,8)4-10-3(1-9)2-11-4/h2H,1,9H2. The van der Waals surface area contributed by atoms with Gasteiger partial charge in [0.1, 0.15) is 0 Å². The normalized spacial score (nSPS) is 12.0. The number of halogens is 3. The molecule has 0 saturated carbocycles. The molecule has 0 spiro atoms. The van der Waals surface area contributed by atoms with Gasteiger partial charge in [-0.1, -0.05) is 0 Å². The topological polar surface area (TPSA) is 38.9 Å². The largest absolute Gasteiger partial charge is 0.443 e. The van der Waals surface area contributed by atoms with Crippen LogP contribution in [-0.4, -0.2) is 4.98 Å². The van der Waals surface area contributed by atoms with Crippen LogP contribution in [0.4, 0.5) is 13.2 Å². The quantitative estimate of drug-likeness (QED) is 0.716. The van der Waals surface area contributed by atoms with Crippen LogP contribution in [0, 0.1) is 0 Å². The van der Waals surface area contributed by atoms with Crippen molar-refractivity contribution in [2.75, 3.05) is 0 Å². The van der Waals surface area contributed by atoms with Crippen LogP contribution < -0.4 is 5.73 Å². The lowest BCUT2D eigenvalue weighted by Gasteiger charge is -1.98. The molecule has 0 fully saturated rings. The maximum absolute atomic E-state index is 11.8. The van der Waals surface area contributed by atoms with Crippen molar-refractivity contribution in [2.45, 2.75) is 12.7 Å². The SMILES string of the molecule is NCc1csc(C(F)(F)F)n1. The van der Waals surface area contributed by atoms with Crippen LogP contribution in [0.1, 0.15) is 10.7 Å². The Kier molecular flexibility index (Phi) is 2.15. The van der Waals surface area contributed by atoms with Gasteiger partial charge in [0.2, 0.25) is 0 Å². The first-order valence-corrected chi connectivity index (χ1v) is 3.63. The Morgan fingerprint density at radius 3 is 2.45 bits per heavy atom. The molecule has 0 unspecified atom stereocenters. The molecule has 6 heteroatoms. The summed E-state index contributed by atoms with van der Waals surface area (Å²) in [5.41, 5.74) is 5.36. The predicted octanol–water partition coefficient (Wildman–Crippen LogP) is 1.62. The van der Waals surface area contributed by atoms with Gasteiger partial charge in [0.15, 0.2) is 5.01 Å². The average Bonchev–Trinajstić information content (AvgIpc) is 2.32. The fraction of sp³-hybridized carbons (Fsp3) is 0.400. The number of hydrogen-bond acceptors (Lipinski definition) is 3. The molecule has 0 aromatic carbocycles. The molecular formula is C5H5F3N2S. The molecule has 1 aromatic heterocycles. The van der Waals surface area contributed by atoms with Crippen LogP contribution in [-0.2, 0) is 12.7 Å². The van der Waals surface area contributed by atoms with Crippen LogP contribution in [0.15, 0.2) is 5.38 Å². The van der Waals surface area contributed by atoms with E-state index in [0.29, 0.717) is 11.3 Å². The summed E-state index contributed by atoms with van der Waals surface area (Å²) in [6.07, 6.45) is -4.34. The summed E-state index contributed by atoms with van der Waals surface area (Å²) in [4.78, 5) is 3.27. The van der Waals surface area contributed by atoms with E-state index in [-0.39, 0.29) is 12.2 Å². The van der Waals surface area contributed by atoms with E-state index in [2.05, 4.69) is 4.98 Å². The third kappa shape index (κ3) is 1.90. The highest BCUT2D eigenvalue weighted by Gasteiger charge is 2.34. The van der Waals surface area contributed by atoms with E-state index in [9.17, 15) is 13.2 Å². The van der Waals surface area contributed by atoms with Gasteiger partial charge in [0.05, 0.1) is 5.69 Å². The Hall–Kier alpha value is -0.620. The van der Waals surface area contributed by atoms with Crippen molar-refractivity contribution < 1.29 is 13.2 Å². The minimum absolute atomic E-state index is 0.0482. The number of nitrogens with zero attached hydrogens (tertiary/aromatic N) is 1. The second-order valence-electron chi connectivity index (χ2n) is 1.85. The number of alkyl halides is 3. The van der Waals surface area contributed by atoms with E-state index in [1.165, 1.54) is 5.38 Å². The maximum Gasteiger partial charge on any atom is 0.443 e. The lowest BCUT2D eigenvalue weighted by molar-refractivity contribution is -0.137. The van der Waals surface area contributed by atoms with Crippen molar-refractivity contribution in [3.8, 4) is 0 Å². The first kappa shape index (κ1) is 8.48. The molecule has 2 nitrogen and oxygen atoms in total. The number of thiazole rings is 1. The smallest absolute Gasteiger partial charge is 0.325 e. The summed E-state index contributed by atoms with van der Waals surface area (Å²) in [5, 5.41) is 0.473. The number of aromatic nitrogens is 1. The molecule has 62 valence electrons. The number of rotatable bonds is 1. The number of hydrogen-bond donors (Lipinski definition) is 1. The van der Waals surface area contributed by atoms with Gasteiger partial charge in [-0.15, -0.1) is 11.3 Å². The zero-order chi connectivity index (χ0) is 8.48. The molecule has 1 heterocycles. The van der Waals surface area contributed by atoms with E-state index in [4.69, 9.17) is 5.73 Å². The van der Waals surface area contributed by atoms with Gasteiger partial charge in [-0.2, -0.15) is 13.2 Å². The van der Waals surface area contributed by atoms with Gasteiger partial charge in [0.25, 0.3) is 0 Å². The van der Waals surface area contributed by atoms with Crippen molar-refractivity contribution in [1.29, 1.82) is 0 Å². The monoisotopic (exact) mass is 182 g/mol. The van der Waals surface area contributed by atoms with Gasteiger partial charge in [0, 0.05) is 11.9 Å². The van der Waals surface area contributed by atoms with E-state index < -0.39 is 11.2 Å². The Bertz CT molecular complexity index is 242. The molecule has 0 bridgehead atoms. The van der Waals surface area contributed by atoms with Crippen LogP contribution >= 0.6 is 11.3 Å². The highest BCUT2D eigenvalue weighted by Crippen LogP contribution is 2.31. The van der Waals surface area contributed by atoms with Gasteiger partial charge < -0.3 is 5.73 Å². The Morgan fingerprint density at radius 2 is 2.18 bits per heavy atom. The molecule has 1 rings (SSSR count). The Labute approximate surface area is 64.9 Å². The lowest BCUT2D eigenvalue weighted by atomic mass is 10.5. The second kappa shape index (κ2) is 2.78. The zero-order valence-electron chi connectivity index (χ0n) is 5.35. The molecule has 0 aliphatic heterocycles. The molecular weight excluding hydrogens is 177 g/mol. The molecule has 11 heavy (non-hydrogen) atoms. The van der Waals surface area contributed by atoms with E-state index in [1.54, 1.807) is 0 Å². The molecule has 0 atom stereocenters. The Morgan fingerprint density at radius 1 is 1.55 bits per heavy atom. The van der Waals surface area contributed by atoms with Gasteiger partial charge >= 0.3 is 6.18 Å². The molecule has 0 amide bonds. The van der Waals surface area contributed by atoms with Crippen molar-refractivity contribution in [2.24, 2.45) is 5.73 Å². The summed E-state index contributed by atoms with van der Waals surface area (Å²) in [7, 11) is 0. The van der Waals surface area contributed by atoms with E-state index in [1.807, 2.05) is 0 Å². The third-order valence-corrected chi connectivity index (χ3v) is 1.94. The van der Waals surface area contributed by atoms with Gasteiger partial charge in [-0.25, -0.2) is 4.98 Å². The van der Waals surface area contributed by atoms with E-state index >= 15 is 0 Å². The fourth-order valence-electron chi connectivity index (χ4n) is 0.531. The minimum atomic E-state index is -4.34. The first-order valence-electron chi connectivity index (χ1n) is 2.75. The van der Waals surface area contributed by atoms with Crippen molar-refractivity contribution >= 4 is 11.3 Å². The van der Waals surface area contributed by atoms with Crippen LogP contribution in [0.2, 0.25) is 0 Å². The predicted molar refractivity (Wildman–Crippen MR) is 35.0 cm³/mol. The van der Waals surface area contributed by atoms with Crippen molar-refractivity contribution in [3.05, 3.63) is 16.1 Å². The summed E-state index contributed by atoms with van der Waals surface area (Å²) < 4.78 is 35.5. The lowest BCUT2D eigenvalue weighted by Crippen LogP contribution is -2.05. The number of nitrogens with two attached hydrogens (primary N) is 1. The molecule has 2 N–H and O–H groups in total. The van der Waals surface area contributed by atoms with Gasteiger partial charge in [-0.3, -0.25) is 0 Å². The summed E-state index contributed by atoms with van der Waals surface area (Å²) in [6.45, 7) is 0.0482. The second-order valence-corrected chi connectivity index (χ2v) is 2.70. The Balaban J connectivity index is 2.89. The molecule has 0 saturated heterocycles. The summed E-state index contributed by atoms with van der Waals surface area (Å²) in [6, 6.07) is 0. The van der Waals surface area contributed by atoms with Crippen LogP contribution in [0.5, 0.6) is 0 Å². The third-order valence-electron chi connectivity index (χ3n) is 1.00. The minimum Gasteiger partial charge on any atom is -0.325 e. The fourth-order valence-corrected chi connectivity index (χ4v) is 1.23. The summed E-state index contributed by atoms with van der Waals surface area (Å²) >= 11 is 0.565. The van der Waals surface area contributed by atoms with E-state index in [0.717, 1.165) is 0 Å². The average molecular weight is 182 g/mol. The highest BCUT2D eigenvalue weighted by atomic mass is 32.1. The van der Waals surface area contributed by atoms with Gasteiger partial charge in [-0.05, 0) is 0 Å². The molecule has 1 aromatic rings. The van der Waals surface area contributed by atoms with Crippen molar-refractivity contribution in [1.82, 2.24) is 4.98 Å². The van der Waals surface area contributed by atoms with Crippen molar-refractivity contribution in [3.63, 3.8) is 0 Å². The van der Waals surface area contributed by atoms with Crippen LogP contribution in [0.3, 0.4) is 0 Å². The molecule has 0 aliphatic carbocycles. The zero-order valence-corrected chi connectivity index (χ0v) is 6.17. The summed E-state index contributed by atoms with van der Waals surface area (Å²) in [5.74, 6) is 0.